The highest BCUT2D eigenvalue weighted by Gasteiger charge is 2.17. The number of hydrogen-bond acceptors (Lipinski definition) is 4. The van der Waals surface area contributed by atoms with Crippen molar-refractivity contribution in [3.8, 4) is 12.1 Å². The molecule has 8 heteroatoms. The number of urea groups is 1. The fraction of sp³-hybridized carbons (Fsp3) is 0.0909. The molecular formula is C11H7Cl2N5O. The third kappa shape index (κ3) is 3.85. The molecule has 3 N–H and O–H groups in total. The first kappa shape index (κ1) is 14.8. The lowest BCUT2D eigenvalue weighted by molar-refractivity contribution is 0.252. The van der Waals surface area contributed by atoms with Gasteiger partial charge in [-0.1, -0.05) is 29.3 Å². The maximum Gasteiger partial charge on any atom is 0.320 e. The molecule has 0 spiro atoms. The molecule has 0 aliphatic heterocycles. The van der Waals surface area contributed by atoms with E-state index in [-0.39, 0.29) is 15.7 Å². The number of benzene rings is 1. The molecule has 1 aromatic rings. The molecule has 0 heterocycles. The average molecular weight is 296 g/mol. The zero-order valence-electron chi connectivity index (χ0n) is 9.37. The minimum atomic E-state index is -1.33. The maximum absolute atomic E-state index is 11.6. The molecule has 6 nitrogen and oxygen atoms in total. The number of nitrogens with zero attached hydrogens (tertiary/aromatic N) is 2. The Hall–Kier alpha value is -2.28. The van der Waals surface area contributed by atoms with Crippen LogP contribution in [0.4, 0.5) is 10.5 Å². The van der Waals surface area contributed by atoms with E-state index in [0.29, 0.717) is 0 Å². The second-order valence-electron chi connectivity index (χ2n) is 3.28. The first-order valence-electron chi connectivity index (χ1n) is 4.89. The first-order valence-corrected chi connectivity index (χ1v) is 5.65. The van der Waals surface area contributed by atoms with Gasteiger partial charge in [0.1, 0.15) is 11.8 Å². The number of hydrogen-bond donors (Lipinski definition) is 3. The number of halogens is 2. The van der Waals surface area contributed by atoms with Crippen LogP contribution in [0.15, 0.2) is 18.2 Å². The van der Waals surface area contributed by atoms with Crippen molar-refractivity contribution in [3.63, 3.8) is 0 Å². The van der Waals surface area contributed by atoms with Gasteiger partial charge in [-0.05, 0) is 12.1 Å². The number of amides is 2. The van der Waals surface area contributed by atoms with Gasteiger partial charge in [0.2, 0.25) is 0 Å². The molecule has 0 saturated carbocycles. The Bertz CT molecular complexity index is 582. The van der Waals surface area contributed by atoms with Crippen LogP contribution in [0, 0.1) is 28.1 Å². The van der Waals surface area contributed by atoms with Crippen LogP contribution in [-0.4, -0.2) is 17.8 Å². The number of rotatable bonds is 3. The Kier molecular flexibility index (Phi) is 5.13. The number of carbonyl (C=O) groups excluding carboxylic acids is 1. The van der Waals surface area contributed by atoms with Crippen LogP contribution in [0.25, 0.3) is 0 Å². The maximum atomic E-state index is 11.6. The van der Waals surface area contributed by atoms with Gasteiger partial charge in [0.25, 0.3) is 0 Å². The summed E-state index contributed by atoms with van der Waals surface area (Å²) in [7, 11) is 0. The van der Waals surface area contributed by atoms with Crippen LogP contribution in [-0.2, 0) is 0 Å². The Morgan fingerprint density at radius 2 is 1.89 bits per heavy atom. The summed E-state index contributed by atoms with van der Waals surface area (Å²) >= 11 is 11.7. The average Bonchev–Trinajstić information content (AvgIpc) is 2.39. The zero-order chi connectivity index (χ0) is 14.4. The van der Waals surface area contributed by atoms with Gasteiger partial charge in [0, 0.05) is 0 Å². The summed E-state index contributed by atoms with van der Waals surface area (Å²) in [5.74, 6) is 0. The van der Waals surface area contributed by atoms with Crippen molar-refractivity contribution < 1.29 is 4.79 Å². The predicted octanol–water partition coefficient (Wildman–Crippen LogP) is 2.55. The number of nitriles is 2. The molecule has 1 aromatic carbocycles. The number of anilines is 1. The quantitative estimate of drug-likeness (QED) is 0.745. The summed E-state index contributed by atoms with van der Waals surface area (Å²) in [5.41, 5.74) is -0.383. The topological polar surface area (TPSA) is 113 Å². The Morgan fingerprint density at radius 1 is 1.32 bits per heavy atom. The largest absolute Gasteiger partial charge is 0.320 e. The molecule has 1 atom stereocenters. The van der Waals surface area contributed by atoms with Crippen LogP contribution in [0.5, 0.6) is 0 Å². The summed E-state index contributed by atoms with van der Waals surface area (Å²) in [6, 6.07) is 5.64. The van der Waals surface area contributed by atoms with Crippen molar-refractivity contribution >= 4 is 40.6 Å². The highest BCUT2D eigenvalue weighted by atomic mass is 35.5. The smallest absolute Gasteiger partial charge is 0.316 e. The lowest BCUT2D eigenvalue weighted by Crippen LogP contribution is -2.41. The standard InChI is InChI=1S/C11H7Cl2N5O/c12-6-2-1-3-7(13)10(6)18-11(19)17-9(5-15)8(16)4-14/h1-3,9,16H,(H2,17,18,19). The Labute approximate surface area is 119 Å². The summed E-state index contributed by atoms with van der Waals surface area (Å²) in [6.07, 6.45) is 0. The highest BCUT2D eigenvalue weighted by molar-refractivity contribution is 6.39. The van der Waals surface area contributed by atoms with Crippen molar-refractivity contribution in [2.45, 2.75) is 6.04 Å². The summed E-state index contributed by atoms with van der Waals surface area (Å²) in [4.78, 5) is 11.6. The van der Waals surface area contributed by atoms with E-state index in [2.05, 4.69) is 10.6 Å². The SMILES string of the molecule is N#CC(=N)C(C#N)NC(=O)Nc1c(Cl)cccc1Cl. The van der Waals surface area contributed by atoms with Crippen molar-refractivity contribution in [2.24, 2.45) is 0 Å². The molecule has 19 heavy (non-hydrogen) atoms. The fourth-order valence-electron chi connectivity index (χ4n) is 1.13. The molecule has 0 bridgehead atoms. The number of nitrogens with one attached hydrogen (secondary N) is 3. The summed E-state index contributed by atoms with van der Waals surface area (Å²) < 4.78 is 0. The van der Waals surface area contributed by atoms with E-state index in [1.165, 1.54) is 18.2 Å². The molecule has 0 radical (unpaired) electrons. The molecule has 0 fully saturated rings. The van der Waals surface area contributed by atoms with Crippen LogP contribution in [0.1, 0.15) is 0 Å². The minimum Gasteiger partial charge on any atom is -0.316 e. The van der Waals surface area contributed by atoms with Gasteiger partial charge in [-0.25, -0.2) is 4.79 Å². The first-order chi connectivity index (χ1) is 8.99. The molecule has 0 saturated heterocycles. The normalized spacial score (nSPS) is 10.7. The summed E-state index contributed by atoms with van der Waals surface area (Å²) in [6.45, 7) is 0. The van der Waals surface area contributed by atoms with E-state index in [1.807, 2.05) is 0 Å². The van der Waals surface area contributed by atoms with Crippen molar-refractivity contribution in [1.29, 1.82) is 15.9 Å². The third-order valence-corrected chi connectivity index (χ3v) is 2.64. The van der Waals surface area contributed by atoms with E-state index in [1.54, 1.807) is 12.1 Å². The Balaban J connectivity index is 2.79. The Morgan fingerprint density at radius 3 is 2.37 bits per heavy atom. The van der Waals surface area contributed by atoms with Crippen molar-refractivity contribution in [1.82, 2.24) is 5.32 Å². The van der Waals surface area contributed by atoms with Crippen molar-refractivity contribution in [2.75, 3.05) is 5.32 Å². The van der Waals surface area contributed by atoms with Gasteiger partial charge in [-0.15, -0.1) is 0 Å². The van der Waals surface area contributed by atoms with Crippen LogP contribution >= 0.6 is 23.2 Å². The highest BCUT2D eigenvalue weighted by Crippen LogP contribution is 2.29. The van der Waals surface area contributed by atoms with Gasteiger partial charge < -0.3 is 10.6 Å². The van der Waals surface area contributed by atoms with E-state index >= 15 is 0 Å². The van der Waals surface area contributed by atoms with Gasteiger partial charge in [-0.3, -0.25) is 5.41 Å². The van der Waals surface area contributed by atoms with Gasteiger partial charge in [0.15, 0.2) is 6.04 Å². The number of carbonyl (C=O) groups is 1. The zero-order valence-corrected chi connectivity index (χ0v) is 10.9. The van der Waals surface area contributed by atoms with E-state index < -0.39 is 17.8 Å². The molecule has 96 valence electrons. The second-order valence-corrected chi connectivity index (χ2v) is 4.10. The van der Waals surface area contributed by atoms with Gasteiger partial charge in [0.05, 0.1) is 21.8 Å². The molecule has 0 aliphatic carbocycles. The van der Waals surface area contributed by atoms with Crippen molar-refractivity contribution in [3.05, 3.63) is 28.2 Å². The third-order valence-electron chi connectivity index (χ3n) is 2.01. The predicted molar refractivity (Wildman–Crippen MR) is 71.4 cm³/mol. The summed E-state index contributed by atoms with van der Waals surface area (Å²) in [5, 5.41) is 29.3. The molecule has 2 amide bonds. The van der Waals surface area contributed by atoms with E-state index in [0.717, 1.165) is 0 Å². The lowest BCUT2D eigenvalue weighted by atomic mass is 10.2. The van der Waals surface area contributed by atoms with Gasteiger partial charge in [-0.2, -0.15) is 10.5 Å². The second kappa shape index (κ2) is 6.60. The monoisotopic (exact) mass is 295 g/mol. The number of para-hydroxylation sites is 1. The fourth-order valence-corrected chi connectivity index (χ4v) is 1.62. The minimum absolute atomic E-state index is 0.184. The van der Waals surface area contributed by atoms with E-state index in [9.17, 15) is 4.79 Å². The van der Waals surface area contributed by atoms with Crippen LogP contribution in [0.3, 0.4) is 0 Å². The molecule has 0 aliphatic rings. The molecule has 1 rings (SSSR count). The molecule has 0 aromatic heterocycles. The van der Waals surface area contributed by atoms with Crippen LogP contribution < -0.4 is 10.6 Å². The molecular weight excluding hydrogens is 289 g/mol. The van der Waals surface area contributed by atoms with Crippen LogP contribution in [0.2, 0.25) is 10.0 Å². The van der Waals surface area contributed by atoms with E-state index in [4.69, 9.17) is 39.1 Å². The lowest BCUT2D eigenvalue weighted by Gasteiger charge is -2.12. The van der Waals surface area contributed by atoms with Gasteiger partial charge >= 0.3 is 6.03 Å². The molecule has 1 unspecified atom stereocenters.